The highest BCUT2D eigenvalue weighted by Gasteiger charge is 2.46. The lowest BCUT2D eigenvalue weighted by atomic mass is 9.87. The van der Waals surface area contributed by atoms with Crippen LogP contribution in [0.3, 0.4) is 0 Å². The predicted octanol–water partition coefficient (Wildman–Crippen LogP) is 0.385. The van der Waals surface area contributed by atoms with Crippen LogP contribution in [-0.2, 0) is 9.59 Å². The van der Waals surface area contributed by atoms with E-state index in [2.05, 4.69) is 5.32 Å². The zero-order valence-corrected chi connectivity index (χ0v) is 8.93. The Morgan fingerprint density at radius 1 is 1.64 bits per heavy atom. The molecule has 2 amide bonds. The third-order valence-corrected chi connectivity index (χ3v) is 3.22. The minimum absolute atomic E-state index is 0.0900. The third kappa shape index (κ3) is 1.85. The molecule has 80 valence electrons. The number of nitrogens with two attached hydrogens (primary N) is 1. The van der Waals surface area contributed by atoms with E-state index in [0.29, 0.717) is 6.42 Å². The lowest BCUT2D eigenvalue weighted by Gasteiger charge is -2.31. The number of hydrogen-bond donors (Lipinski definition) is 2. The van der Waals surface area contributed by atoms with Crippen LogP contribution in [0, 0.1) is 5.92 Å². The molecule has 0 radical (unpaired) electrons. The molecule has 0 aromatic heterocycles. The summed E-state index contributed by atoms with van der Waals surface area (Å²) in [5, 5.41) is 2.65. The first-order chi connectivity index (χ1) is 6.53. The largest absolute Gasteiger partial charge is 0.368 e. The van der Waals surface area contributed by atoms with Gasteiger partial charge in [-0.15, -0.1) is 11.6 Å². The Labute approximate surface area is 88.2 Å². The molecule has 2 atom stereocenters. The molecule has 1 rings (SSSR count). The van der Waals surface area contributed by atoms with Gasteiger partial charge >= 0.3 is 0 Å². The van der Waals surface area contributed by atoms with Crippen LogP contribution < -0.4 is 11.1 Å². The predicted molar refractivity (Wildman–Crippen MR) is 53.8 cm³/mol. The van der Waals surface area contributed by atoms with Gasteiger partial charge in [-0.25, -0.2) is 0 Å². The summed E-state index contributed by atoms with van der Waals surface area (Å²) in [6, 6.07) is 0. The Bertz CT molecular complexity index is 257. The second kappa shape index (κ2) is 4.17. The molecular formula is C9H15ClN2O2. The van der Waals surface area contributed by atoms with Crippen LogP contribution >= 0.6 is 11.6 Å². The van der Waals surface area contributed by atoms with Crippen LogP contribution in [0.4, 0.5) is 0 Å². The van der Waals surface area contributed by atoms with Gasteiger partial charge in [0.1, 0.15) is 11.4 Å². The molecule has 0 aromatic rings. The molecule has 1 fully saturated rings. The lowest BCUT2D eigenvalue weighted by Crippen LogP contribution is -2.59. The first-order valence-electron chi connectivity index (χ1n) is 4.70. The monoisotopic (exact) mass is 218 g/mol. The van der Waals surface area contributed by atoms with Gasteiger partial charge in [-0.3, -0.25) is 9.59 Å². The summed E-state index contributed by atoms with van der Waals surface area (Å²) in [4.78, 5) is 22.5. The van der Waals surface area contributed by atoms with Crippen molar-refractivity contribution in [2.24, 2.45) is 11.7 Å². The maximum absolute atomic E-state index is 11.3. The van der Waals surface area contributed by atoms with Gasteiger partial charge in [-0.05, 0) is 18.8 Å². The first kappa shape index (κ1) is 11.3. The molecular weight excluding hydrogens is 204 g/mol. The Kier molecular flexibility index (Phi) is 3.37. The van der Waals surface area contributed by atoms with Gasteiger partial charge in [0, 0.05) is 0 Å². The van der Waals surface area contributed by atoms with Crippen molar-refractivity contribution in [2.45, 2.75) is 31.7 Å². The zero-order valence-electron chi connectivity index (χ0n) is 8.18. The van der Waals surface area contributed by atoms with Crippen molar-refractivity contribution in [3.05, 3.63) is 0 Å². The lowest BCUT2D eigenvalue weighted by molar-refractivity contribution is -0.131. The van der Waals surface area contributed by atoms with Crippen LogP contribution in [0.1, 0.15) is 26.2 Å². The van der Waals surface area contributed by atoms with E-state index in [4.69, 9.17) is 17.3 Å². The Morgan fingerprint density at radius 3 is 2.64 bits per heavy atom. The fourth-order valence-electron chi connectivity index (χ4n) is 2.08. The van der Waals surface area contributed by atoms with Gasteiger partial charge in [0.15, 0.2) is 0 Å². The molecule has 0 aromatic carbocycles. The Hall–Kier alpha value is -0.770. The van der Waals surface area contributed by atoms with Gasteiger partial charge in [-0.2, -0.15) is 0 Å². The van der Waals surface area contributed by atoms with E-state index in [0.717, 1.165) is 12.8 Å². The molecule has 0 spiro atoms. The maximum atomic E-state index is 11.3. The number of alkyl halides is 1. The van der Waals surface area contributed by atoms with Crippen LogP contribution in [0.2, 0.25) is 0 Å². The Balaban J connectivity index is 2.82. The summed E-state index contributed by atoms with van der Waals surface area (Å²) in [6.45, 7) is 1.92. The molecule has 0 aliphatic heterocycles. The molecule has 3 N–H and O–H groups in total. The normalized spacial score (nSPS) is 31.4. The molecule has 5 heteroatoms. The topological polar surface area (TPSA) is 72.2 Å². The van der Waals surface area contributed by atoms with E-state index in [1.54, 1.807) is 0 Å². The third-order valence-electron chi connectivity index (χ3n) is 2.97. The summed E-state index contributed by atoms with van der Waals surface area (Å²) in [5.41, 5.74) is 4.46. The van der Waals surface area contributed by atoms with Crippen molar-refractivity contribution < 1.29 is 9.59 Å². The minimum Gasteiger partial charge on any atom is -0.368 e. The van der Waals surface area contributed by atoms with Crippen molar-refractivity contribution in [1.29, 1.82) is 0 Å². The number of nitrogens with one attached hydrogen (secondary N) is 1. The summed E-state index contributed by atoms with van der Waals surface area (Å²) in [5.74, 6) is -0.839. The van der Waals surface area contributed by atoms with Gasteiger partial charge in [-0.1, -0.05) is 13.3 Å². The van der Waals surface area contributed by atoms with Crippen molar-refractivity contribution in [3.63, 3.8) is 0 Å². The van der Waals surface area contributed by atoms with Crippen LogP contribution in [-0.4, -0.2) is 23.2 Å². The van der Waals surface area contributed by atoms with Crippen molar-refractivity contribution >= 4 is 23.4 Å². The molecule has 14 heavy (non-hydrogen) atoms. The molecule has 1 aliphatic rings. The summed E-state index contributed by atoms with van der Waals surface area (Å²) in [7, 11) is 0. The minimum atomic E-state index is -0.869. The Morgan fingerprint density at radius 2 is 2.29 bits per heavy atom. The summed E-state index contributed by atoms with van der Waals surface area (Å²) >= 11 is 5.38. The second-order valence-corrected chi connectivity index (χ2v) is 4.08. The zero-order chi connectivity index (χ0) is 10.8. The molecule has 0 saturated heterocycles. The van der Waals surface area contributed by atoms with Crippen LogP contribution in [0.25, 0.3) is 0 Å². The smallest absolute Gasteiger partial charge is 0.243 e. The van der Waals surface area contributed by atoms with E-state index in [-0.39, 0.29) is 17.7 Å². The summed E-state index contributed by atoms with van der Waals surface area (Å²) < 4.78 is 0. The SMILES string of the molecule is CC1CCCC1(NC(=O)CCl)C(N)=O. The average molecular weight is 219 g/mol. The van der Waals surface area contributed by atoms with Gasteiger partial charge < -0.3 is 11.1 Å². The maximum Gasteiger partial charge on any atom is 0.243 e. The summed E-state index contributed by atoms with van der Waals surface area (Å²) in [6.07, 6.45) is 2.43. The molecule has 1 saturated carbocycles. The highest BCUT2D eigenvalue weighted by Crippen LogP contribution is 2.35. The van der Waals surface area contributed by atoms with Crippen LogP contribution in [0.5, 0.6) is 0 Å². The average Bonchev–Trinajstić information content (AvgIpc) is 2.49. The highest BCUT2D eigenvalue weighted by molar-refractivity contribution is 6.27. The highest BCUT2D eigenvalue weighted by atomic mass is 35.5. The molecule has 1 aliphatic carbocycles. The number of primary amides is 1. The van der Waals surface area contributed by atoms with Crippen LogP contribution in [0.15, 0.2) is 0 Å². The van der Waals surface area contributed by atoms with E-state index in [9.17, 15) is 9.59 Å². The molecule has 4 nitrogen and oxygen atoms in total. The molecule has 0 bridgehead atoms. The van der Waals surface area contributed by atoms with E-state index >= 15 is 0 Å². The number of rotatable bonds is 3. The van der Waals surface area contributed by atoms with E-state index in [1.165, 1.54) is 0 Å². The molecule has 0 heterocycles. The van der Waals surface area contributed by atoms with Crippen molar-refractivity contribution in [2.75, 3.05) is 5.88 Å². The van der Waals surface area contributed by atoms with Gasteiger partial charge in [0.25, 0.3) is 0 Å². The van der Waals surface area contributed by atoms with E-state index in [1.807, 2.05) is 6.92 Å². The standard InChI is InChI=1S/C9H15ClN2O2/c1-6-3-2-4-9(6,8(11)14)12-7(13)5-10/h6H,2-5H2,1H3,(H2,11,14)(H,12,13). The number of carbonyl (C=O) groups is 2. The number of halogens is 1. The number of amides is 2. The number of carbonyl (C=O) groups excluding carboxylic acids is 2. The molecule has 2 unspecified atom stereocenters. The van der Waals surface area contributed by atoms with Gasteiger partial charge in [0.2, 0.25) is 11.8 Å². The first-order valence-corrected chi connectivity index (χ1v) is 5.23. The van der Waals surface area contributed by atoms with Crippen molar-refractivity contribution in [3.8, 4) is 0 Å². The van der Waals surface area contributed by atoms with Gasteiger partial charge in [0.05, 0.1) is 0 Å². The van der Waals surface area contributed by atoms with E-state index < -0.39 is 11.4 Å². The second-order valence-electron chi connectivity index (χ2n) is 3.81. The number of hydrogen-bond acceptors (Lipinski definition) is 2. The fourth-order valence-corrected chi connectivity index (χ4v) is 2.14. The van der Waals surface area contributed by atoms with Crippen molar-refractivity contribution in [1.82, 2.24) is 5.32 Å². The fraction of sp³-hybridized carbons (Fsp3) is 0.778. The quantitative estimate of drug-likeness (QED) is 0.673.